The standard InChI is InChI=1S/C27H25BrN2O5S/c1-15(2)14-35-26(33)22-16(3)29-27-30(23(22)18-7-9-19(10-8-18)25(32)34-4)24(31)21(36-27)13-17-5-11-20(28)12-6-17/h5-13,15,23H,14H2,1-4H3. The first-order valence-corrected chi connectivity index (χ1v) is 12.9. The van der Waals surface area contributed by atoms with Crippen molar-refractivity contribution in [2.45, 2.75) is 26.8 Å². The zero-order chi connectivity index (χ0) is 26.0. The normalized spacial score (nSPS) is 15.5. The summed E-state index contributed by atoms with van der Waals surface area (Å²) in [5, 5.41) is 0. The van der Waals surface area contributed by atoms with E-state index in [1.54, 1.807) is 31.2 Å². The van der Waals surface area contributed by atoms with Gasteiger partial charge < -0.3 is 9.47 Å². The number of nitrogens with zero attached hydrogens (tertiary/aromatic N) is 2. The van der Waals surface area contributed by atoms with Crippen LogP contribution in [0.15, 0.2) is 74.1 Å². The Morgan fingerprint density at radius 2 is 1.78 bits per heavy atom. The summed E-state index contributed by atoms with van der Waals surface area (Å²) in [5.74, 6) is -0.836. The number of aromatic nitrogens is 1. The van der Waals surface area contributed by atoms with Crippen LogP contribution in [0.2, 0.25) is 0 Å². The molecule has 0 saturated heterocycles. The average molecular weight is 569 g/mol. The number of thiazole rings is 1. The molecule has 0 aliphatic carbocycles. The van der Waals surface area contributed by atoms with Gasteiger partial charge in [0.05, 0.1) is 41.1 Å². The summed E-state index contributed by atoms with van der Waals surface area (Å²) < 4.78 is 13.3. The van der Waals surface area contributed by atoms with Gasteiger partial charge >= 0.3 is 11.9 Å². The number of carbonyl (C=O) groups is 2. The van der Waals surface area contributed by atoms with Crippen LogP contribution in [0.1, 0.15) is 48.3 Å². The van der Waals surface area contributed by atoms with Crippen LogP contribution in [0.4, 0.5) is 0 Å². The van der Waals surface area contributed by atoms with E-state index in [0.717, 1.165) is 10.0 Å². The lowest BCUT2D eigenvalue weighted by molar-refractivity contribution is -0.140. The molecule has 0 N–H and O–H groups in total. The number of rotatable bonds is 6. The Hall–Kier alpha value is -3.30. The molecule has 1 aliphatic heterocycles. The molecule has 0 spiro atoms. The van der Waals surface area contributed by atoms with Gasteiger partial charge in [0.1, 0.15) is 0 Å². The number of hydrogen-bond acceptors (Lipinski definition) is 7. The van der Waals surface area contributed by atoms with Crippen LogP contribution >= 0.6 is 27.3 Å². The minimum Gasteiger partial charge on any atom is -0.465 e. The quantitative estimate of drug-likeness (QED) is 0.420. The molecule has 4 rings (SSSR count). The third-order valence-corrected chi connectivity index (χ3v) is 7.12. The van der Waals surface area contributed by atoms with E-state index < -0.39 is 18.0 Å². The Kier molecular flexibility index (Phi) is 7.70. The summed E-state index contributed by atoms with van der Waals surface area (Å²) in [5.41, 5.74) is 2.42. The number of fused-ring (bicyclic) bond motifs is 1. The van der Waals surface area contributed by atoms with Gasteiger partial charge in [0.2, 0.25) is 0 Å². The zero-order valence-corrected chi connectivity index (χ0v) is 22.7. The van der Waals surface area contributed by atoms with Gasteiger partial charge in [-0.05, 0) is 54.3 Å². The smallest absolute Gasteiger partial charge is 0.338 e. The van der Waals surface area contributed by atoms with Crippen molar-refractivity contribution < 1.29 is 19.1 Å². The van der Waals surface area contributed by atoms with E-state index >= 15 is 0 Å². The van der Waals surface area contributed by atoms with E-state index in [4.69, 9.17) is 9.47 Å². The highest BCUT2D eigenvalue weighted by molar-refractivity contribution is 9.10. The van der Waals surface area contributed by atoms with Crippen LogP contribution in [-0.2, 0) is 14.3 Å². The van der Waals surface area contributed by atoms with E-state index in [9.17, 15) is 14.4 Å². The Labute approximate surface area is 220 Å². The molecule has 1 unspecified atom stereocenters. The molecule has 0 saturated carbocycles. The Bertz CT molecular complexity index is 1520. The van der Waals surface area contributed by atoms with Crippen molar-refractivity contribution in [2.24, 2.45) is 10.9 Å². The van der Waals surface area contributed by atoms with Crippen molar-refractivity contribution in [1.82, 2.24) is 4.57 Å². The second-order valence-corrected chi connectivity index (χ2v) is 10.7. The van der Waals surface area contributed by atoms with Gasteiger partial charge in [-0.15, -0.1) is 0 Å². The first-order valence-electron chi connectivity index (χ1n) is 11.3. The number of esters is 2. The topological polar surface area (TPSA) is 87.0 Å². The first-order chi connectivity index (χ1) is 17.2. The summed E-state index contributed by atoms with van der Waals surface area (Å²) in [7, 11) is 1.31. The van der Waals surface area contributed by atoms with Gasteiger partial charge in [-0.1, -0.05) is 65.4 Å². The van der Waals surface area contributed by atoms with Crippen LogP contribution in [0.25, 0.3) is 6.08 Å². The predicted molar refractivity (Wildman–Crippen MR) is 141 cm³/mol. The Balaban J connectivity index is 1.88. The number of halogens is 1. The molecule has 1 atom stereocenters. The van der Waals surface area contributed by atoms with Crippen molar-refractivity contribution in [3.05, 3.63) is 101 Å². The molecule has 1 aromatic heterocycles. The number of hydrogen-bond donors (Lipinski definition) is 0. The summed E-state index contributed by atoms with van der Waals surface area (Å²) in [6, 6.07) is 13.5. The lowest BCUT2D eigenvalue weighted by Gasteiger charge is -2.25. The summed E-state index contributed by atoms with van der Waals surface area (Å²) in [6.45, 7) is 5.90. The van der Waals surface area contributed by atoms with E-state index in [2.05, 4.69) is 20.9 Å². The third-order valence-electron chi connectivity index (χ3n) is 5.60. The number of ether oxygens (including phenoxy) is 2. The summed E-state index contributed by atoms with van der Waals surface area (Å²) in [6.07, 6.45) is 1.81. The highest BCUT2D eigenvalue weighted by Crippen LogP contribution is 2.31. The van der Waals surface area contributed by atoms with Crippen LogP contribution < -0.4 is 14.9 Å². The molecule has 36 heavy (non-hydrogen) atoms. The maximum absolute atomic E-state index is 13.7. The van der Waals surface area contributed by atoms with E-state index in [1.807, 2.05) is 44.2 Å². The van der Waals surface area contributed by atoms with E-state index in [0.29, 0.717) is 31.7 Å². The molecule has 0 radical (unpaired) electrons. The highest BCUT2D eigenvalue weighted by atomic mass is 79.9. The maximum Gasteiger partial charge on any atom is 0.338 e. The Morgan fingerprint density at radius 3 is 2.39 bits per heavy atom. The van der Waals surface area contributed by atoms with Gasteiger partial charge in [-0.3, -0.25) is 9.36 Å². The van der Waals surface area contributed by atoms with Crippen molar-refractivity contribution >= 4 is 45.3 Å². The SMILES string of the molecule is COC(=O)c1ccc(C2C(C(=O)OCC(C)C)=C(C)N=c3sc(=Cc4ccc(Br)cc4)c(=O)n32)cc1. The monoisotopic (exact) mass is 568 g/mol. The first kappa shape index (κ1) is 25.8. The molecule has 0 fully saturated rings. The molecule has 1 aliphatic rings. The minimum absolute atomic E-state index is 0.153. The minimum atomic E-state index is -0.750. The van der Waals surface area contributed by atoms with Gasteiger partial charge in [-0.2, -0.15) is 0 Å². The van der Waals surface area contributed by atoms with Gasteiger partial charge in [0.15, 0.2) is 4.80 Å². The van der Waals surface area contributed by atoms with E-state index in [1.165, 1.54) is 23.0 Å². The molecule has 2 aromatic carbocycles. The molecular weight excluding hydrogens is 544 g/mol. The molecule has 7 nitrogen and oxygen atoms in total. The fraction of sp³-hybridized carbons (Fsp3) is 0.259. The lowest BCUT2D eigenvalue weighted by atomic mass is 9.95. The molecule has 3 aromatic rings. The lowest BCUT2D eigenvalue weighted by Crippen LogP contribution is -2.40. The number of methoxy groups -OCH3 is 1. The zero-order valence-electron chi connectivity index (χ0n) is 20.3. The molecule has 0 bridgehead atoms. The molecule has 2 heterocycles. The fourth-order valence-electron chi connectivity index (χ4n) is 3.85. The second-order valence-electron chi connectivity index (χ2n) is 8.74. The van der Waals surface area contributed by atoms with Gasteiger partial charge in [-0.25, -0.2) is 14.6 Å². The van der Waals surface area contributed by atoms with Gasteiger partial charge in [0, 0.05) is 4.47 Å². The highest BCUT2D eigenvalue weighted by Gasteiger charge is 2.33. The second kappa shape index (κ2) is 10.8. The number of carbonyl (C=O) groups excluding carboxylic acids is 2. The predicted octanol–water partition coefficient (Wildman–Crippen LogP) is 3.98. The Morgan fingerprint density at radius 1 is 1.11 bits per heavy atom. The summed E-state index contributed by atoms with van der Waals surface area (Å²) in [4.78, 5) is 43.9. The summed E-state index contributed by atoms with van der Waals surface area (Å²) >= 11 is 4.68. The van der Waals surface area contributed by atoms with Crippen LogP contribution in [0.3, 0.4) is 0 Å². The maximum atomic E-state index is 13.7. The molecule has 0 amide bonds. The average Bonchev–Trinajstić information content (AvgIpc) is 3.16. The van der Waals surface area contributed by atoms with Crippen molar-refractivity contribution in [3.8, 4) is 0 Å². The van der Waals surface area contributed by atoms with Crippen LogP contribution in [-0.4, -0.2) is 30.2 Å². The van der Waals surface area contributed by atoms with Crippen molar-refractivity contribution in [3.63, 3.8) is 0 Å². The molecule has 9 heteroatoms. The van der Waals surface area contributed by atoms with Crippen LogP contribution in [0.5, 0.6) is 0 Å². The van der Waals surface area contributed by atoms with E-state index in [-0.39, 0.29) is 18.1 Å². The molecular formula is C27H25BrN2O5S. The van der Waals surface area contributed by atoms with Crippen molar-refractivity contribution in [2.75, 3.05) is 13.7 Å². The van der Waals surface area contributed by atoms with Crippen molar-refractivity contribution in [1.29, 1.82) is 0 Å². The number of allylic oxidation sites excluding steroid dienone is 1. The van der Waals surface area contributed by atoms with Gasteiger partial charge in [0.25, 0.3) is 5.56 Å². The largest absolute Gasteiger partial charge is 0.465 e. The number of benzene rings is 2. The third kappa shape index (κ3) is 5.27. The fourth-order valence-corrected chi connectivity index (χ4v) is 5.16. The van der Waals surface area contributed by atoms with Crippen LogP contribution in [0, 0.1) is 5.92 Å². The molecule has 186 valence electrons.